The number of aliphatic carboxylic acids is 1. The molecule has 0 radical (unpaired) electrons. The molecule has 1 fully saturated rings. The van der Waals surface area contributed by atoms with Crippen LogP contribution in [0, 0.1) is 0 Å². The molecule has 0 amide bonds. The zero-order valence-electron chi connectivity index (χ0n) is 13.8. The van der Waals surface area contributed by atoms with E-state index in [2.05, 4.69) is 0 Å². The highest BCUT2D eigenvalue weighted by Crippen LogP contribution is 2.36. The van der Waals surface area contributed by atoms with Crippen LogP contribution >= 0.6 is 0 Å². The highest BCUT2D eigenvalue weighted by Gasteiger charge is 2.51. The molecular weight excluding hydrogens is 279 g/mol. The Labute approximate surface area is 132 Å². The van der Waals surface area contributed by atoms with Crippen LogP contribution in [0.5, 0.6) is 0 Å². The maximum atomic E-state index is 11.0. The van der Waals surface area contributed by atoms with Crippen molar-refractivity contribution in [1.29, 1.82) is 0 Å². The van der Waals surface area contributed by atoms with Gasteiger partial charge in [0.05, 0.1) is 11.2 Å². The second kappa shape index (κ2) is 5.90. The molecule has 1 aromatic rings. The maximum Gasteiger partial charge on any atom is 0.494 e. The summed E-state index contributed by atoms with van der Waals surface area (Å²) in [4.78, 5) is 11.0. The fourth-order valence-electron chi connectivity index (χ4n) is 2.24. The Bertz CT molecular complexity index is 571. The van der Waals surface area contributed by atoms with Crippen LogP contribution in [0.15, 0.2) is 29.8 Å². The quantitative estimate of drug-likeness (QED) is 0.686. The molecule has 1 N–H and O–H groups in total. The molecule has 0 aromatic heterocycles. The van der Waals surface area contributed by atoms with Gasteiger partial charge in [-0.2, -0.15) is 0 Å². The topological polar surface area (TPSA) is 55.8 Å². The van der Waals surface area contributed by atoms with Gasteiger partial charge in [0.15, 0.2) is 0 Å². The van der Waals surface area contributed by atoms with Crippen molar-refractivity contribution in [3.8, 4) is 0 Å². The van der Waals surface area contributed by atoms with Gasteiger partial charge in [-0.25, -0.2) is 4.79 Å². The number of carboxylic acids is 1. The molecule has 4 nitrogen and oxygen atoms in total. The molecule has 1 heterocycles. The van der Waals surface area contributed by atoms with Gasteiger partial charge in [0.25, 0.3) is 0 Å². The average Bonchev–Trinajstić information content (AvgIpc) is 2.65. The van der Waals surface area contributed by atoms with E-state index in [9.17, 15) is 4.79 Å². The van der Waals surface area contributed by atoms with Crippen molar-refractivity contribution < 1.29 is 19.2 Å². The van der Waals surface area contributed by atoms with Gasteiger partial charge in [-0.15, -0.1) is 0 Å². The highest BCUT2D eigenvalue weighted by atomic mass is 16.7. The molecule has 0 saturated carbocycles. The maximum absolute atomic E-state index is 11.0. The largest absolute Gasteiger partial charge is 0.494 e. The molecule has 2 rings (SSSR count). The van der Waals surface area contributed by atoms with Crippen LogP contribution < -0.4 is 5.46 Å². The minimum atomic E-state index is -0.877. The lowest BCUT2D eigenvalue weighted by Crippen LogP contribution is -2.41. The van der Waals surface area contributed by atoms with Crippen LogP contribution in [0.25, 0.3) is 6.08 Å². The van der Waals surface area contributed by atoms with Crippen LogP contribution in [-0.2, 0) is 14.1 Å². The first-order valence-corrected chi connectivity index (χ1v) is 7.56. The lowest BCUT2D eigenvalue weighted by Gasteiger charge is -2.32. The standard InChI is InChI=1S/C17H23BO4/c1-6-13(15(19)20)11-12-7-9-14(10-8-12)18-21-16(2,3)17(4,5)22-18/h7-11H,6H2,1-5H3,(H,19,20)/b13-11+. The number of hydrogen-bond acceptors (Lipinski definition) is 3. The lowest BCUT2D eigenvalue weighted by molar-refractivity contribution is -0.132. The predicted octanol–water partition coefficient (Wildman–Crippen LogP) is 2.86. The first kappa shape index (κ1) is 16.8. The van der Waals surface area contributed by atoms with Crippen molar-refractivity contribution in [2.45, 2.75) is 52.2 Å². The molecule has 0 bridgehead atoms. The Morgan fingerprint density at radius 2 is 1.64 bits per heavy atom. The zero-order valence-corrected chi connectivity index (χ0v) is 13.8. The summed E-state index contributed by atoms with van der Waals surface area (Å²) in [5.41, 5.74) is 1.45. The molecule has 1 aliphatic rings. The summed E-state index contributed by atoms with van der Waals surface area (Å²) in [5, 5.41) is 9.07. The van der Waals surface area contributed by atoms with E-state index < -0.39 is 13.1 Å². The van der Waals surface area contributed by atoms with E-state index in [-0.39, 0.29) is 11.2 Å². The van der Waals surface area contributed by atoms with E-state index in [0.29, 0.717) is 12.0 Å². The molecule has 118 valence electrons. The molecule has 0 spiro atoms. The summed E-state index contributed by atoms with van der Waals surface area (Å²) < 4.78 is 12.0. The van der Waals surface area contributed by atoms with Crippen LogP contribution in [0.4, 0.5) is 0 Å². The van der Waals surface area contributed by atoms with Crippen molar-refractivity contribution in [2.24, 2.45) is 0 Å². The van der Waals surface area contributed by atoms with E-state index in [4.69, 9.17) is 14.4 Å². The van der Waals surface area contributed by atoms with Crippen molar-refractivity contribution in [2.75, 3.05) is 0 Å². The fraction of sp³-hybridized carbons (Fsp3) is 0.471. The first-order chi connectivity index (χ1) is 10.2. The third kappa shape index (κ3) is 3.26. The van der Waals surface area contributed by atoms with Gasteiger partial charge in [0.1, 0.15) is 0 Å². The van der Waals surface area contributed by atoms with Crippen LogP contribution in [0.3, 0.4) is 0 Å². The van der Waals surface area contributed by atoms with E-state index in [1.165, 1.54) is 0 Å². The molecule has 1 saturated heterocycles. The molecule has 0 atom stereocenters. The Balaban J connectivity index is 2.19. The number of carboxylic acid groups (broad SMARTS) is 1. The monoisotopic (exact) mass is 302 g/mol. The third-order valence-corrected chi connectivity index (χ3v) is 4.46. The SMILES string of the molecule is CC/C(=C\c1ccc(B2OC(C)(C)C(C)(C)O2)cc1)C(=O)O. The van der Waals surface area contributed by atoms with Gasteiger partial charge in [-0.1, -0.05) is 31.2 Å². The highest BCUT2D eigenvalue weighted by molar-refractivity contribution is 6.62. The Morgan fingerprint density at radius 3 is 2.05 bits per heavy atom. The average molecular weight is 302 g/mol. The Hall–Kier alpha value is -1.59. The normalized spacial score (nSPS) is 20.2. The van der Waals surface area contributed by atoms with Crippen molar-refractivity contribution in [3.63, 3.8) is 0 Å². The molecule has 0 aliphatic carbocycles. The number of rotatable bonds is 4. The lowest BCUT2D eigenvalue weighted by atomic mass is 9.79. The first-order valence-electron chi connectivity index (χ1n) is 7.56. The van der Waals surface area contributed by atoms with E-state index >= 15 is 0 Å². The van der Waals surface area contributed by atoms with Gasteiger partial charge in [0, 0.05) is 5.57 Å². The second-order valence-electron chi connectivity index (χ2n) is 6.58. The van der Waals surface area contributed by atoms with Gasteiger partial charge in [0.2, 0.25) is 0 Å². The minimum absolute atomic E-state index is 0.366. The number of hydrogen-bond donors (Lipinski definition) is 1. The van der Waals surface area contributed by atoms with Crippen LogP contribution in [0.2, 0.25) is 0 Å². The van der Waals surface area contributed by atoms with Crippen LogP contribution in [0.1, 0.15) is 46.6 Å². The van der Waals surface area contributed by atoms with Gasteiger partial charge < -0.3 is 14.4 Å². The van der Waals surface area contributed by atoms with E-state index in [0.717, 1.165) is 11.0 Å². The van der Waals surface area contributed by atoms with Crippen molar-refractivity contribution >= 4 is 24.6 Å². The Morgan fingerprint density at radius 1 is 1.14 bits per heavy atom. The van der Waals surface area contributed by atoms with Crippen molar-refractivity contribution in [3.05, 3.63) is 35.4 Å². The molecule has 22 heavy (non-hydrogen) atoms. The van der Waals surface area contributed by atoms with E-state index in [1.807, 2.05) is 58.9 Å². The second-order valence-corrected chi connectivity index (χ2v) is 6.58. The van der Waals surface area contributed by atoms with Crippen LogP contribution in [-0.4, -0.2) is 29.4 Å². The van der Waals surface area contributed by atoms with Gasteiger partial charge in [-0.3, -0.25) is 0 Å². The summed E-state index contributed by atoms with van der Waals surface area (Å²) in [6.07, 6.45) is 2.19. The Kier molecular flexibility index (Phi) is 4.50. The molecular formula is C17H23BO4. The molecule has 5 heteroatoms. The summed E-state index contributed by atoms with van der Waals surface area (Å²) in [5.74, 6) is -0.877. The van der Waals surface area contributed by atoms with Gasteiger partial charge in [-0.05, 0) is 51.2 Å². The number of carbonyl (C=O) groups is 1. The predicted molar refractivity (Wildman–Crippen MR) is 88.1 cm³/mol. The number of benzene rings is 1. The molecule has 1 aliphatic heterocycles. The van der Waals surface area contributed by atoms with Crippen molar-refractivity contribution in [1.82, 2.24) is 0 Å². The molecule has 1 aromatic carbocycles. The zero-order chi connectivity index (χ0) is 16.5. The molecule has 0 unspecified atom stereocenters. The summed E-state index contributed by atoms with van der Waals surface area (Å²) in [6.45, 7) is 9.91. The smallest absolute Gasteiger partial charge is 0.478 e. The van der Waals surface area contributed by atoms with E-state index in [1.54, 1.807) is 6.08 Å². The van der Waals surface area contributed by atoms with Gasteiger partial charge >= 0.3 is 13.1 Å². The summed E-state index contributed by atoms with van der Waals surface area (Å²) >= 11 is 0. The minimum Gasteiger partial charge on any atom is -0.478 e. The third-order valence-electron chi connectivity index (χ3n) is 4.46. The fourth-order valence-corrected chi connectivity index (χ4v) is 2.24. The summed E-state index contributed by atoms with van der Waals surface area (Å²) in [6, 6.07) is 7.62. The summed E-state index contributed by atoms with van der Waals surface area (Å²) in [7, 11) is -0.395.